The fraction of sp³-hybridized carbons (Fsp3) is 0.500. The van der Waals surface area contributed by atoms with Crippen LogP contribution < -0.4 is 10.5 Å². The van der Waals surface area contributed by atoms with Crippen molar-refractivity contribution in [2.45, 2.75) is 25.9 Å². The summed E-state index contributed by atoms with van der Waals surface area (Å²) in [6.07, 6.45) is 0.826. The van der Waals surface area contributed by atoms with Gasteiger partial charge in [0.25, 0.3) is 0 Å². The molecule has 1 fully saturated rings. The number of carbonyl (C=O) groups is 1. The Morgan fingerprint density at radius 2 is 2.06 bits per heavy atom. The van der Waals surface area contributed by atoms with E-state index in [-0.39, 0.29) is 17.9 Å². The summed E-state index contributed by atoms with van der Waals surface area (Å²) in [5, 5.41) is 0. The number of nitrogens with zero attached hydrogens (tertiary/aromatic N) is 1. The van der Waals surface area contributed by atoms with Gasteiger partial charge in [-0.25, -0.2) is 0 Å². The van der Waals surface area contributed by atoms with Crippen LogP contribution in [0.1, 0.15) is 18.9 Å². The van der Waals surface area contributed by atoms with Crippen molar-refractivity contribution in [1.82, 2.24) is 4.90 Å². The molecule has 1 amide bonds. The molecule has 0 aliphatic heterocycles. The third kappa shape index (κ3) is 3.01. The summed E-state index contributed by atoms with van der Waals surface area (Å²) in [6, 6.07) is 7.91. The van der Waals surface area contributed by atoms with E-state index in [1.165, 1.54) is 0 Å². The van der Waals surface area contributed by atoms with E-state index in [4.69, 9.17) is 10.5 Å². The molecule has 2 atom stereocenters. The molecule has 0 aromatic heterocycles. The molecule has 98 valence electrons. The predicted molar refractivity (Wildman–Crippen MR) is 70.2 cm³/mol. The summed E-state index contributed by atoms with van der Waals surface area (Å²) in [7, 11) is 1.82. The Labute approximate surface area is 108 Å². The van der Waals surface area contributed by atoms with Crippen LogP contribution in [0.2, 0.25) is 0 Å². The summed E-state index contributed by atoms with van der Waals surface area (Å²) in [5.41, 5.74) is 6.79. The average molecular weight is 248 g/mol. The van der Waals surface area contributed by atoms with E-state index >= 15 is 0 Å². The number of amides is 1. The van der Waals surface area contributed by atoms with Gasteiger partial charge in [0.2, 0.25) is 5.91 Å². The molecule has 0 spiro atoms. The number of ether oxygens (including phenoxy) is 1. The number of nitrogens with two attached hydrogens (primary N) is 1. The zero-order valence-electron chi connectivity index (χ0n) is 10.9. The van der Waals surface area contributed by atoms with Crippen molar-refractivity contribution in [3.8, 4) is 5.75 Å². The maximum absolute atomic E-state index is 11.9. The Hall–Kier alpha value is -1.55. The first-order chi connectivity index (χ1) is 8.61. The van der Waals surface area contributed by atoms with Gasteiger partial charge < -0.3 is 15.4 Å². The van der Waals surface area contributed by atoms with Gasteiger partial charge in [-0.2, -0.15) is 0 Å². The van der Waals surface area contributed by atoms with Gasteiger partial charge in [0, 0.05) is 19.6 Å². The fourth-order valence-corrected chi connectivity index (χ4v) is 1.99. The molecule has 1 aliphatic carbocycles. The maximum Gasteiger partial charge on any atom is 0.227 e. The van der Waals surface area contributed by atoms with E-state index in [2.05, 4.69) is 0 Å². The van der Waals surface area contributed by atoms with Crippen LogP contribution in [0.3, 0.4) is 0 Å². The van der Waals surface area contributed by atoms with Crippen molar-refractivity contribution in [2.24, 2.45) is 11.7 Å². The lowest BCUT2D eigenvalue weighted by Crippen LogP contribution is -2.29. The Bertz CT molecular complexity index is 416. The van der Waals surface area contributed by atoms with Crippen molar-refractivity contribution in [2.75, 3.05) is 13.7 Å². The topological polar surface area (TPSA) is 55.6 Å². The van der Waals surface area contributed by atoms with E-state index in [0.29, 0.717) is 13.2 Å². The molecular weight excluding hydrogens is 228 g/mol. The third-order valence-corrected chi connectivity index (χ3v) is 3.19. The normalized spacial score (nSPS) is 21.5. The van der Waals surface area contributed by atoms with Crippen molar-refractivity contribution in [3.05, 3.63) is 29.8 Å². The molecule has 0 radical (unpaired) electrons. The minimum absolute atomic E-state index is 0.0395. The second kappa shape index (κ2) is 5.40. The molecule has 2 N–H and O–H groups in total. The lowest BCUT2D eigenvalue weighted by atomic mass is 10.2. The molecule has 2 rings (SSSR count). The van der Waals surface area contributed by atoms with Crippen LogP contribution in [0.15, 0.2) is 24.3 Å². The first kappa shape index (κ1) is 12.9. The molecule has 18 heavy (non-hydrogen) atoms. The van der Waals surface area contributed by atoms with Crippen molar-refractivity contribution in [1.29, 1.82) is 0 Å². The van der Waals surface area contributed by atoms with E-state index in [1.807, 2.05) is 38.2 Å². The quantitative estimate of drug-likeness (QED) is 0.856. The Balaban J connectivity index is 1.90. The van der Waals surface area contributed by atoms with Crippen LogP contribution in [0.5, 0.6) is 5.75 Å². The van der Waals surface area contributed by atoms with Crippen LogP contribution in [-0.4, -0.2) is 30.5 Å². The molecule has 0 bridgehead atoms. The monoisotopic (exact) mass is 248 g/mol. The van der Waals surface area contributed by atoms with Crippen LogP contribution in [0, 0.1) is 5.92 Å². The summed E-state index contributed by atoms with van der Waals surface area (Å²) in [6.45, 7) is 3.24. The molecular formula is C14H20N2O2. The number of hydrogen-bond donors (Lipinski definition) is 1. The second-order valence-corrected chi connectivity index (χ2v) is 4.78. The maximum atomic E-state index is 11.9. The highest BCUT2D eigenvalue weighted by molar-refractivity contribution is 5.82. The summed E-state index contributed by atoms with van der Waals surface area (Å²) in [5.74, 6) is 1.05. The van der Waals surface area contributed by atoms with Crippen LogP contribution >= 0.6 is 0 Å². The van der Waals surface area contributed by atoms with Crippen LogP contribution in [0.25, 0.3) is 0 Å². The van der Waals surface area contributed by atoms with Gasteiger partial charge in [0.1, 0.15) is 5.75 Å². The molecule has 4 heteroatoms. The Kier molecular flexibility index (Phi) is 3.87. The largest absolute Gasteiger partial charge is 0.494 e. The Morgan fingerprint density at radius 1 is 1.44 bits per heavy atom. The fourth-order valence-electron chi connectivity index (χ4n) is 1.99. The highest BCUT2D eigenvalue weighted by atomic mass is 16.5. The van der Waals surface area contributed by atoms with Gasteiger partial charge in [0.15, 0.2) is 0 Å². The average Bonchev–Trinajstić information content (AvgIpc) is 3.08. The molecule has 1 aromatic rings. The number of benzene rings is 1. The molecule has 2 unspecified atom stereocenters. The van der Waals surface area contributed by atoms with Crippen molar-refractivity contribution >= 4 is 5.91 Å². The van der Waals surface area contributed by atoms with Gasteiger partial charge in [0.05, 0.1) is 12.5 Å². The Morgan fingerprint density at radius 3 is 2.56 bits per heavy atom. The minimum Gasteiger partial charge on any atom is -0.494 e. The van der Waals surface area contributed by atoms with Crippen LogP contribution in [0.4, 0.5) is 0 Å². The van der Waals surface area contributed by atoms with E-state index in [1.54, 1.807) is 4.90 Å². The zero-order chi connectivity index (χ0) is 13.1. The highest BCUT2D eigenvalue weighted by Crippen LogP contribution is 2.30. The second-order valence-electron chi connectivity index (χ2n) is 4.78. The third-order valence-electron chi connectivity index (χ3n) is 3.19. The standard InChI is InChI=1S/C14H20N2O2/c1-3-18-11-6-4-10(5-7-11)9-16(2)14(17)12-8-13(12)15/h4-7,12-13H,3,8-9,15H2,1-2H3. The van der Waals surface area contributed by atoms with E-state index < -0.39 is 0 Å². The van der Waals surface area contributed by atoms with Gasteiger partial charge in [-0.3, -0.25) is 4.79 Å². The molecule has 1 saturated carbocycles. The number of carbonyl (C=O) groups excluding carboxylic acids is 1. The first-order valence-corrected chi connectivity index (χ1v) is 6.34. The summed E-state index contributed by atoms with van der Waals surface area (Å²) < 4.78 is 5.38. The van der Waals surface area contributed by atoms with Gasteiger partial charge in [-0.05, 0) is 31.0 Å². The molecule has 0 heterocycles. The van der Waals surface area contributed by atoms with Crippen molar-refractivity contribution in [3.63, 3.8) is 0 Å². The van der Waals surface area contributed by atoms with Gasteiger partial charge >= 0.3 is 0 Å². The highest BCUT2D eigenvalue weighted by Gasteiger charge is 2.41. The molecule has 1 aliphatic rings. The summed E-state index contributed by atoms with van der Waals surface area (Å²) >= 11 is 0. The van der Waals surface area contributed by atoms with Crippen molar-refractivity contribution < 1.29 is 9.53 Å². The van der Waals surface area contributed by atoms with Gasteiger partial charge in [-0.15, -0.1) is 0 Å². The number of rotatable bonds is 5. The predicted octanol–water partition coefficient (Wildman–Crippen LogP) is 1.39. The number of hydrogen-bond acceptors (Lipinski definition) is 3. The van der Waals surface area contributed by atoms with Gasteiger partial charge in [-0.1, -0.05) is 12.1 Å². The SMILES string of the molecule is CCOc1ccc(CN(C)C(=O)C2CC2N)cc1. The van der Waals surface area contributed by atoms with Crippen LogP contribution in [-0.2, 0) is 11.3 Å². The smallest absolute Gasteiger partial charge is 0.227 e. The molecule has 0 saturated heterocycles. The lowest BCUT2D eigenvalue weighted by Gasteiger charge is -2.17. The molecule has 1 aromatic carbocycles. The van der Waals surface area contributed by atoms with E-state index in [9.17, 15) is 4.79 Å². The van der Waals surface area contributed by atoms with E-state index in [0.717, 1.165) is 17.7 Å². The first-order valence-electron chi connectivity index (χ1n) is 6.34. The minimum atomic E-state index is 0.0395. The summed E-state index contributed by atoms with van der Waals surface area (Å²) in [4.78, 5) is 13.7. The zero-order valence-corrected chi connectivity index (χ0v) is 10.9. The molecule has 4 nitrogen and oxygen atoms in total. The lowest BCUT2D eigenvalue weighted by molar-refractivity contribution is -0.131.